The average Bonchev–Trinajstić information content (AvgIpc) is 3.15. The van der Waals surface area contributed by atoms with Crippen molar-refractivity contribution >= 4 is 39.3 Å². The Morgan fingerprint density at radius 1 is 1.26 bits per heavy atom. The van der Waals surface area contributed by atoms with E-state index in [2.05, 4.69) is 31.2 Å². The summed E-state index contributed by atoms with van der Waals surface area (Å²) in [5, 5.41) is 11.1. The van der Waals surface area contributed by atoms with Crippen LogP contribution in [0.5, 0.6) is 0 Å². The quantitative estimate of drug-likeness (QED) is 0.449. The van der Waals surface area contributed by atoms with Crippen molar-refractivity contribution in [1.29, 1.82) is 0 Å². The number of benzene rings is 1. The summed E-state index contributed by atoms with van der Waals surface area (Å²) in [5.41, 5.74) is 1.38. The van der Waals surface area contributed by atoms with Gasteiger partial charge in [-0.25, -0.2) is 18.4 Å². The van der Waals surface area contributed by atoms with Crippen LogP contribution in [-0.4, -0.2) is 51.3 Å². The summed E-state index contributed by atoms with van der Waals surface area (Å²) in [5.74, 6) is -0.372. The molecule has 10 nitrogen and oxygen atoms in total. The van der Waals surface area contributed by atoms with Crippen molar-refractivity contribution in [3.8, 4) is 0 Å². The van der Waals surface area contributed by atoms with Gasteiger partial charge in [0.2, 0.25) is 15.9 Å². The van der Waals surface area contributed by atoms with Gasteiger partial charge in [-0.05, 0) is 29.8 Å². The summed E-state index contributed by atoms with van der Waals surface area (Å²) < 4.78 is 65.7. The van der Waals surface area contributed by atoms with Crippen molar-refractivity contribution < 1.29 is 26.4 Å². The minimum Gasteiger partial charge on any atom is -0.367 e. The monoisotopic (exact) mass is 509 g/mol. The molecule has 1 unspecified atom stereocenters. The third-order valence-electron chi connectivity index (χ3n) is 5.36. The highest BCUT2D eigenvalue weighted by Gasteiger charge is 2.38. The van der Waals surface area contributed by atoms with Crippen molar-refractivity contribution in [2.75, 3.05) is 28.2 Å². The number of hydrogen-bond acceptors (Lipinski definition) is 8. The maximum atomic E-state index is 13.6. The number of aliphatic imine (C=N–C) groups is 1. The number of anilines is 3. The summed E-state index contributed by atoms with van der Waals surface area (Å²) in [6, 6.07) is 8.23. The predicted molar refractivity (Wildman–Crippen MR) is 125 cm³/mol. The number of nitrogens with zero attached hydrogens (tertiary/aromatic N) is 3. The maximum absolute atomic E-state index is 13.6. The van der Waals surface area contributed by atoms with E-state index in [1.54, 1.807) is 30.3 Å². The predicted octanol–water partition coefficient (Wildman–Crippen LogP) is 1.91. The van der Waals surface area contributed by atoms with Crippen LogP contribution in [0.1, 0.15) is 11.1 Å². The highest BCUT2D eigenvalue weighted by Crippen LogP contribution is 2.29. The summed E-state index contributed by atoms with van der Waals surface area (Å²) in [6.45, 7) is -0.141. The molecule has 0 bridgehead atoms. The number of carbonyl (C=O) groups is 1. The molecule has 0 fully saturated rings. The molecule has 35 heavy (non-hydrogen) atoms. The Hall–Kier alpha value is -3.81. The zero-order chi connectivity index (χ0) is 25.4. The molecule has 0 saturated carbocycles. The summed E-state index contributed by atoms with van der Waals surface area (Å²) in [6.07, 6.45) is -2.28. The molecule has 1 amide bonds. The van der Waals surface area contributed by atoms with E-state index in [0.717, 1.165) is 22.3 Å². The fraction of sp³-hybridized carbons (Fsp3) is 0.286. The lowest BCUT2D eigenvalue weighted by molar-refractivity contribution is -0.115. The number of fused-ring (bicyclic) bond motifs is 1. The molecule has 186 valence electrons. The summed E-state index contributed by atoms with van der Waals surface area (Å²) in [4.78, 5) is 19.5. The zero-order valence-corrected chi connectivity index (χ0v) is 19.5. The van der Waals surface area contributed by atoms with Gasteiger partial charge in [0.15, 0.2) is 6.29 Å². The van der Waals surface area contributed by atoms with E-state index in [1.807, 2.05) is 0 Å². The number of hydrogen-bond donors (Lipinski definition) is 4. The lowest BCUT2D eigenvalue weighted by Crippen LogP contribution is -2.44. The van der Waals surface area contributed by atoms with Gasteiger partial charge in [-0.15, -0.1) is 0 Å². The lowest BCUT2D eigenvalue weighted by Gasteiger charge is -2.28. The third kappa shape index (κ3) is 5.48. The van der Waals surface area contributed by atoms with Gasteiger partial charge in [0.1, 0.15) is 17.2 Å². The number of carbonyl (C=O) groups excluding carboxylic acids is 1. The molecule has 4 rings (SSSR count). The van der Waals surface area contributed by atoms with Gasteiger partial charge < -0.3 is 21.3 Å². The maximum Gasteiger partial charge on any atom is 0.421 e. The molecule has 2 aliphatic rings. The Bertz CT molecular complexity index is 1330. The van der Waals surface area contributed by atoms with Crippen molar-refractivity contribution in [2.24, 2.45) is 4.99 Å². The van der Waals surface area contributed by atoms with Crippen LogP contribution in [-0.2, 0) is 27.8 Å². The van der Waals surface area contributed by atoms with Gasteiger partial charge >= 0.3 is 6.18 Å². The van der Waals surface area contributed by atoms with Crippen LogP contribution in [0, 0.1) is 0 Å². The van der Waals surface area contributed by atoms with Gasteiger partial charge in [0.25, 0.3) is 0 Å². The van der Waals surface area contributed by atoms with Crippen LogP contribution in [0.2, 0.25) is 0 Å². The van der Waals surface area contributed by atoms with Crippen molar-refractivity contribution in [1.82, 2.24) is 15.6 Å². The molecule has 1 aromatic carbocycles. The molecule has 2 aliphatic heterocycles. The van der Waals surface area contributed by atoms with E-state index in [1.165, 1.54) is 13.2 Å². The zero-order valence-electron chi connectivity index (χ0n) is 18.6. The highest BCUT2D eigenvalue weighted by atomic mass is 32.2. The van der Waals surface area contributed by atoms with E-state index in [0.29, 0.717) is 16.9 Å². The average molecular weight is 510 g/mol. The van der Waals surface area contributed by atoms with Crippen LogP contribution in [0.25, 0.3) is 0 Å². The second kappa shape index (κ2) is 9.09. The first kappa shape index (κ1) is 24.3. The van der Waals surface area contributed by atoms with Gasteiger partial charge in [-0.2, -0.15) is 13.2 Å². The fourth-order valence-electron chi connectivity index (χ4n) is 3.57. The molecular formula is C21H22F3N7O3S. The second-order valence-corrected chi connectivity index (χ2v) is 9.94. The van der Waals surface area contributed by atoms with E-state index < -0.39 is 28.1 Å². The van der Waals surface area contributed by atoms with Gasteiger partial charge in [-0.3, -0.25) is 9.10 Å². The number of alkyl halides is 3. The first-order valence-corrected chi connectivity index (χ1v) is 12.2. The van der Waals surface area contributed by atoms with Crippen LogP contribution >= 0.6 is 0 Å². The normalized spacial score (nSPS) is 17.5. The van der Waals surface area contributed by atoms with Crippen LogP contribution in [0.15, 0.2) is 52.9 Å². The van der Waals surface area contributed by atoms with Crippen molar-refractivity contribution in [3.05, 3.63) is 59.0 Å². The second-order valence-electron chi connectivity index (χ2n) is 7.92. The van der Waals surface area contributed by atoms with E-state index in [4.69, 9.17) is 0 Å². The molecule has 1 atom stereocenters. The Morgan fingerprint density at radius 3 is 2.74 bits per heavy atom. The van der Waals surface area contributed by atoms with Gasteiger partial charge in [0.05, 0.1) is 12.7 Å². The molecule has 0 spiro atoms. The highest BCUT2D eigenvalue weighted by molar-refractivity contribution is 7.92. The van der Waals surface area contributed by atoms with E-state index >= 15 is 0 Å². The standard InChI is InChI=1S/C21H22F3N7O3S/c1-31(35(2,33)34)19-12(4-3-7-25-19)10-26-18-15(21(22,23)24)11-27-20(30-18)28-14-5-6-16-13(8-14)9-17(32)29-16/h3-8,11,20,26,28,30H,9-10H2,1-2H3,(H,29,32). The lowest BCUT2D eigenvalue weighted by atomic mass is 10.1. The summed E-state index contributed by atoms with van der Waals surface area (Å²) in [7, 11) is -2.32. The minimum absolute atomic E-state index is 0.0945. The topological polar surface area (TPSA) is 128 Å². The van der Waals surface area contributed by atoms with Crippen LogP contribution < -0.4 is 25.6 Å². The molecular weight excluding hydrogens is 487 g/mol. The minimum atomic E-state index is -4.69. The van der Waals surface area contributed by atoms with Crippen LogP contribution in [0.4, 0.5) is 30.4 Å². The van der Waals surface area contributed by atoms with Crippen LogP contribution in [0.3, 0.4) is 0 Å². The molecule has 1 aromatic heterocycles. The number of amides is 1. The molecule has 0 radical (unpaired) electrons. The molecule has 0 aliphatic carbocycles. The van der Waals surface area contributed by atoms with E-state index in [-0.39, 0.29) is 30.5 Å². The fourth-order valence-corrected chi connectivity index (χ4v) is 4.05. The Morgan fingerprint density at radius 2 is 2.03 bits per heavy atom. The van der Waals surface area contributed by atoms with E-state index in [9.17, 15) is 26.4 Å². The largest absolute Gasteiger partial charge is 0.421 e. The number of nitrogens with one attached hydrogen (secondary N) is 4. The van der Waals surface area contributed by atoms with Gasteiger partial charge in [0, 0.05) is 42.9 Å². The SMILES string of the molecule is CN(c1ncccc1CNC1=C(C(F)(F)F)C=NC(Nc2ccc3c(c2)CC(=O)N3)N1)S(C)(=O)=O. The molecule has 4 N–H and O–H groups in total. The van der Waals surface area contributed by atoms with Crippen molar-refractivity contribution in [2.45, 2.75) is 25.4 Å². The molecule has 2 aromatic rings. The first-order chi connectivity index (χ1) is 16.4. The smallest absolute Gasteiger partial charge is 0.367 e. The third-order valence-corrected chi connectivity index (χ3v) is 6.53. The number of aromatic nitrogens is 1. The number of halogens is 3. The number of sulfonamides is 1. The Kier molecular flexibility index (Phi) is 6.32. The van der Waals surface area contributed by atoms with Crippen molar-refractivity contribution in [3.63, 3.8) is 0 Å². The summed E-state index contributed by atoms with van der Waals surface area (Å²) >= 11 is 0. The molecule has 14 heteroatoms. The van der Waals surface area contributed by atoms with Gasteiger partial charge in [-0.1, -0.05) is 6.07 Å². The molecule has 0 saturated heterocycles. The molecule has 3 heterocycles. The Labute approximate surface area is 199 Å². The number of allylic oxidation sites excluding steroid dienone is 1. The number of pyridine rings is 1. The Balaban J connectivity index is 1.53. The number of rotatable bonds is 7. The first-order valence-electron chi connectivity index (χ1n) is 10.3.